The fourth-order valence-corrected chi connectivity index (χ4v) is 1.31. The Hall–Kier alpha value is -2.12. The Kier molecular flexibility index (Phi) is 2.49. The molecule has 2 N–H and O–H groups in total. The van der Waals surface area contributed by atoms with Gasteiger partial charge in [0.2, 0.25) is 5.95 Å². The molecular weight excluding hydrogens is 235 g/mol. The molecule has 0 amide bonds. The van der Waals surface area contributed by atoms with Gasteiger partial charge in [-0.25, -0.2) is 9.97 Å². The highest BCUT2D eigenvalue weighted by molar-refractivity contribution is 5.58. The van der Waals surface area contributed by atoms with Crippen LogP contribution in [0.3, 0.4) is 0 Å². The van der Waals surface area contributed by atoms with Crippen LogP contribution in [0, 0.1) is 0 Å². The van der Waals surface area contributed by atoms with Crippen LogP contribution < -0.4 is 5.73 Å². The first kappa shape index (κ1) is 11.4. The largest absolute Gasteiger partial charge is 0.433 e. The van der Waals surface area contributed by atoms with Gasteiger partial charge in [0.05, 0.1) is 11.9 Å². The van der Waals surface area contributed by atoms with Gasteiger partial charge in [-0.3, -0.25) is 4.68 Å². The summed E-state index contributed by atoms with van der Waals surface area (Å²) in [5.41, 5.74) is 4.73. The van der Waals surface area contributed by atoms with Crippen molar-refractivity contribution in [2.24, 2.45) is 7.05 Å². The molecule has 90 valence electrons. The molecule has 0 saturated heterocycles. The highest BCUT2D eigenvalue weighted by Crippen LogP contribution is 2.30. The molecule has 2 rings (SSSR count). The first-order valence-corrected chi connectivity index (χ1v) is 4.57. The Morgan fingerprint density at radius 1 is 1.29 bits per heavy atom. The fourth-order valence-electron chi connectivity index (χ4n) is 1.31. The molecule has 0 radical (unpaired) electrons. The summed E-state index contributed by atoms with van der Waals surface area (Å²) in [7, 11) is 1.65. The van der Waals surface area contributed by atoms with Crippen molar-refractivity contribution in [3.63, 3.8) is 0 Å². The lowest BCUT2D eigenvalue weighted by atomic mass is 10.2. The Balaban J connectivity index is 2.52. The molecule has 17 heavy (non-hydrogen) atoms. The maximum Gasteiger partial charge on any atom is 0.433 e. The van der Waals surface area contributed by atoms with Crippen LogP contribution in [0.25, 0.3) is 11.3 Å². The number of hydrogen-bond donors (Lipinski definition) is 1. The average Bonchev–Trinajstić information content (AvgIpc) is 2.62. The van der Waals surface area contributed by atoms with Crippen molar-refractivity contribution in [2.75, 3.05) is 5.73 Å². The summed E-state index contributed by atoms with van der Waals surface area (Å²) in [6.45, 7) is 0. The van der Waals surface area contributed by atoms with E-state index in [0.29, 0.717) is 5.56 Å². The summed E-state index contributed by atoms with van der Waals surface area (Å²) in [5.74, 6) is -0.418. The van der Waals surface area contributed by atoms with Gasteiger partial charge in [-0.1, -0.05) is 0 Å². The van der Waals surface area contributed by atoms with E-state index in [9.17, 15) is 13.2 Å². The van der Waals surface area contributed by atoms with Crippen LogP contribution in [0.5, 0.6) is 0 Å². The summed E-state index contributed by atoms with van der Waals surface area (Å²) in [6.07, 6.45) is -1.60. The van der Waals surface area contributed by atoms with Gasteiger partial charge < -0.3 is 5.73 Å². The van der Waals surface area contributed by atoms with Crippen molar-refractivity contribution in [3.05, 3.63) is 24.2 Å². The number of aromatic nitrogens is 4. The summed E-state index contributed by atoms with van der Waals surface area (Å²) in [6, 6.07) is 0.841. The van der Waals surface area contributed by atoms with Crippen LogP contribution >= 0.6 is 0 Å². The molecule has 0 aliphatic rings. The number of halogens is 3. The van der Waals surface area contributed by atoms with E-state index in [1.807, 2.05) is 0 Å². The van der Waals surface area contributed by atoms with Crippen molar-refractivity contribution < 1.29 is 13.2 Å². The molecule has 8 heteroatoms. The first-order chi connectivity index (χ1) is 7.86. The van der Waals surface area contributed by atoms with Crippen LogP contribution in [0.4, 0.5) is 19.1 Å². The highest BCUT2D eigenvalue weighted by atomic mass is 19.4. The molecule has 0 atom stereocenters. The van der Waals surface area contributed by atoms with E-state index < -0.39 is 17.8 Å². The molecule has 5 nitrogen and oxygen atoms in total. The number of aryl methyl sites for hydroxylation is 1. The Morgan fingerprint density at radius 3 is 2.53 bits per heavy atom. The van der Waals surface area contributed by atoms with Crippen LogP contribution in [0.1, 0.15) is 5.69 Å². The number of hydrogen-bond acceptors (Lipinski definition) is 4. The second-order valence-corrected chi connectivity index (χ2v) is 3.40. The molecule has 0 aromatic carbocycles. The van der Waals surface area contributed by atoms with Gasteiger partial charge in [0.25, 0.3) is 0 Å². The number of nitrogens with two attached hydrogens (primary N) is 1. The third-order valence-corrected chi connectivity index (χ3v) is 2.03. The topological polar surface area (TPSA) is 69.6 Å². The highest BCUT2D eigenvalue weighted by Gasteiger charge is 2.33. The molecule has 2 aromatic rings. The van der Waals surface area contributed by atoms with Gasteiger partial charge in [-0.05, 0) is 6.07 Å². The van der Waals surface area contributed by atoms with Crippen molar-refractivity contribution in [1.29, 1.82) is 0 Å². The standard InChI is InChI=1S/C9H8F3N5/c1-17-4-5(3-14-17)6-2-7(9(10,11)12)16-8(13)15-6/h2-4H,1H3,(H2,13,15,16). The van der Waals surface area contributed by atoms with Crippen LogP contribution in [-0.2, 0) is 13.2 Å². The SMILES string of the molecule is Cn1cc(-c2cc(C(F)(F)F)nc(N)n2)cn1. The zero-order valence-electron chi connectivity index (χ0n) is 8.73. The van der Waals surface area contributed by atoms with Crippen LogP contribution in [0.15, 0.2) is 18.5 Å². The lowest BCUT2D eigenvalue weighted by Crippen LogP contribution is -2.11. The fraction of sp³-hybridized carbons (Fsp3) is 0.222. The summed E-state index contributed by atoms with van der Waals surface area (Å²) in [4.78, 5) is 6.90. The van der Waals surface area contributed by atoms with Crippen molar-refractivity contribution in [2.45, 2.75) is 6.18 Å². The Bertz CT molecular complexity index is 546. The molecule has 0 unspecified atom stereocenters. The van der Waals surface area contributed by atoms with E-state index in [1.54, 1.807) is 13.2 Å². The third kappa shape index (κ3) is 2.35. The minimum Gasteiger partial charge on any atom is -0.368 e. The number of nitrogens with zero attached hydrogens (tertiary/aromatic N) is 4. The lowest BCUT2D eigenvalue weighted by Gasteiger charge is -2.07. The normalized spacial score (nSPS) is 11.8. The number of rotatable bonds is 1. The van der Waals surface area contributed by atoms with E-state index in [2.05, 4.69) is 15.1 Å². The van der Waals surface area contributed by atoms with Crippen molar-refractivity contribution in [3.8, 4) is 11.3 Å². The summed E-state index contributed by atoms with van der Waals surface area (Å²) < 4.78 is 39.0. The molecule has 0 spiro atoms. The predicted octanol–water partition coefficient (Wildman–Crippen LogP) is 1.48. The maximum absolute atomic E-state index is 12.5. The minimum absolute atomic E-state index is 0.0953. The van der Waals surface area contributed by atoms with E-state index in [0.717, 1.165) is 6.07 Å². The summed E-state index contributed by atoms with van der Waals surface area (Å²) in [5, 5.41) is 3.85. The minimum atomic E-state index is -4.55. The Morgan fingerprint density at radius 2 is 2.00 bits per heavy atom. The van der Waals surface area contributed by atoms with E-state index in [-0.39, 0.29) is 5.69 Å². The molecule has 0 aliphatic heterocycles. The van der Waals surface area contributed by atoms with Gasteiger partial charge in [-0.15, -0.1) is 0 Å². The van der Waals surface area contributed by atoms with Crippen LogP contribution in [0.2, 0.25) is 0 Å². The van der Waals surface area contributed by atoms with Gasteiger partial charge >= 0.3 is 6.18 Å². The van der Waals surface area contributed by atoms with Gasteiger partial charge in [-0.2, -0.15) is 18.3 Å². The zero-order chi connectivity index (χ0) is 12.6. The summed E-state index contributed by atoms with van der Waals surface area (Å²) >= 11 is 0. The quantitative estimate of drug-likeness (QED) is 0.823. The van der Waals surface area contributed by atoms with E-state index in [1.165, 1.54) is 10.9 Å². The smallest absolute Gasteiger partial charge is 0.368 e. The second kappa shape index (κ2) is 3.72. The molecule has 2 aromatic heterocycles. The van der Waals surface area contributed by atoms with Gasteiger partial charge in [0.15, 0.2) is 5.69 Å². The molecule has 0 saturated carbocycles. The number of alkyl halides is 3. The monoisotopic (exact) mass is 243 g/mol. The number of nitrogen functional groups attached to an aromatic ring is 1. The maximum atomic E-state index is 12.5. The number of anilines is 1. The van der Waals surface area contributed by atoms with Crippen LogP contribution in [-0.4, -0.2) is 19.7 Å². The van der Waals surface area contributed by atoms with Gasteiger partial charge in [0, 0.05) is 18.8 Å². The third-order valence-electron chi connectivity index (χ3n) is 2.03. The molecule has 0 bridgehead atoms. The lowest BCUT2D eigenvalue weighted by molar-refractivity contribution is -0.141. The van der Waals surface area contributed by atoms with E-state index >= 15 is 0 Å². The predicted molar refractivity (Wildman–Crippen MR) is 53.6 cm³/mol. The second-order valence-electron chi connectivity index (χ2n) is 3.40. The average molecular weight is 243 g/mol. The Labute approximate surface area is 94.1 Å². The molecule has 0 fully saturated rings. The van der Waals surface area contributed by atoms with Crippen molar-refractivity contribution >= 4 is 5.95 Å². The first-order valence-electron chi connectivity index (χ1n) is 4.57. The van der Waals surface area contributed by atoms with E-state index in [4.69, 9.17) is 5.73 Å². The van der Waals surface area contributed by atoms with Crippen molar-refractivity contribution in [1.82, 2.24) is 19.7 Å². The zero-order valence-corrected chi connectivity index (χ0v) is 8.73. The molecular formula is C9H8F3N5. The van der Waals surface area contributed by atoms with Gasteiger partial charge in [0.1, 0.15) is 0 Å². The molecule has 0 aliphatic carbocycles. The molecule has 2 heterocycles.